The Hall–Kier alpha value is -1.82. The van der Waals surface area contributed by atoms with Crippen LogP contribution in [0, 0.1) is 6.92 Å². The van der Waals surface area contributed by atoms with E-state index in [0.717, 1.165) is 29.4 Å². The molecular weight excluding hydrogens is 286 g/mol. The lowest BCUT2D eigenvalue weighted by molar-refractivity contribution is 0.101. The summed E-state index contributed by atoms with van der Waals surface area (Å²) in [5.74, 6) is 0.786. The van der Waals surface area contributed by atoms with E-state index in [9.17, 15) is 4.79 Å². The molecule has 2 aromatic heterocycles. The minimum atomic E-state index is -0.0514. The molecule has 0 aromatic carbocycles. The van der Waals surface area contributed by atoms with Crippen molar-refractivity contribution in [2.75, 3.05) is 18.0 Å². The molecule has 2 aromatic rings. The van der Waals surface area contributed by atoms with E-state index in [4.69, 9.17) is 4.42 Å². The minimum Gasteiger partial charge on any atom is -0.468 e. The molecule has 0 N–H and O–H groups in total. The molecule has 112 valence electrons. The van der Waals surface area contributed by atoms with Gasteiger partial charge >= 0.3 is 0 Å². The van der Waals surface area contributed by atoms with Gasteiger partial charge in [0.25, 0.3) is 0 Å². The summed E-state index contributed by atoms with van der Waals surface area (Å²) in [6, 6.07) is 1.92. The Labute approximate surface area is 128 Å². The van der Waals surface area contributed by atoms with Crippen molar-refractivity contribution in [2.45, 2.75) is 37.7 Å². The van der Waals surface area contributed by atoms with Crippen LogP contribution in [0.5, 0.6) is 0 Å². The third-order valence-electron chi connectivity index (χ3n) is 3.10. The van der Waals surface area contributed by atoms with Crippen LogP contribution in [-0.2, 0) is 0 Å². The van der Waals surface area contributed by atoms with Crippen molar-refractivity contribution in [2.24, 2.45) is 0 Å². The van der Waals surface area contributed by atoms with Crippen LogP contribution in [0.4, 0.5) is 5.69 Å². The SMILES string of the molecule is CCN(CC)c1cnc(Sc2coc(C)c2)nc1C(C)=O. The molecule has 0 aliphatic carbocycles. The molecule has 21 heavy (non-hydrogen) atoms. The van der Waals surface area contributed by atoms with Crippen molar-refractivity contribution in [1.29, 1.82) is 0 Å². The van der Waals surface area contributed by atoms with Gasteiger partial charge in [-0.1, -0.05) is 0 Å². The molecule has 0 saturated heterocycles. The average Bonchev–Trinajstić information content (AvgIpc) is 2.86. The van der Waals surface area contributed by atoms with Crippen molar-refractivity contribution in [1.82, 2.24) is 9.97 Å². The van der Waals surface area contributed by atoms with Crippen LogP contribution in [0.2, 0.25) is 0 Å². The van der Waals surface area contributed by atoms with Gasteiger partial charge in [-0.2, -0.15) is 0 Å². The molecule has 0 aliphatic heterocycles. The Kier molecular flexibility index (Phi) is 5.01. The van der Waals surface area contributed by atoms with Gasteiger partial charge in [-0.15, -0.1) is 0 Å². The van der Waals surface area contributed by atoms with Crippen molar-refractivity contribution < 1.29 is 9.21 Å². The third kappa shape index (κ3) is 3.64. The van der Waals surface area contributed by atoms with Gasteiger partial charge in [0.2, 0.25) is 0 Å². The first kappa shape index (κ1) is 15.6. The zero-order valence-electron chi connectivity index (χ0n) is 12.7. The van der Waals surface area contributed by atoms with Gasteiger partial charge < -0.3 is 9.32 Å². The lowest BCUT2D eigenvalue weighted by Gasteiger charge is -2.22. The summed E-state index contributed by atoms with van der Waals surface area (Å²) in [5, 5.41) is 0.553. The number of carbonyl (C=O) groups excluding carboxylic acids is 1. The number of rotatable bonds is 6. The maximum Gasteiger partial charge on any atom is 0.193 e. The molecule has 2 heterocycles. The van der Waals surface area contributed by atoms with E-state index in [-0.39, 0.29) is 5.78 Å². The zero-order valence-corrected chi connectivity index (χ0v) is 13.5. The molecule has 0 radical (unpaired) electrons. The van der Waals surface area contributed by atoms with Crippen molar-refractivity contribution in [3.05, 3.63) is 30.0 Å². The highest BCUT2D eigenvalue weighted by molar-refractivity contribution is 7.99. The van der Waals surface area contributed by atoms with Gasteiger partial charge in [0.05, 0.1) is 16.8 Å². The maximum absolute atomic E-state index is 11.9. The monoisotopic (exact) mass is 305 g/mol. The molecule has 0 fully saturated rings. The van der Waals surface area contributed by atoms with Crippen LogP contribution in [0.25, 0.3) is 0 Å². The summed E-state index contributed by atoms with van der Waals surface area (Å²) in [6.45, 7) is 9.14. The van der Waals surface area contributed by atoms with E-state index in [1.807, 2.05) is 26.8 Å². The van der Waals surface area contributed by atoms with E-state index in [1.165, 1.54) is 18.7 Å². The summed E-state index contributed by atoms with van der Waals surface area (Å²) in [6.07, 6.45) is 3.39. The number of furan rings is 1. The normalized spacial score (nSPS) is 10.7. The van der Waals surface area contributed by atoms with Crippen LogP contribution in [-0.4, -0.2) is 28.8 Å². The second kappa shape index (κ2) is 6.76. The fraction of sp³-hybridized carbons (Fsp3) is 0.400. The summed E-state index contributed by atoms with van der Waals surface area (Å²) in [7, 11) is 0. The van der Waals surface area contributed by atoms with Gasteiger partial charge in [0, 0.05) is 20.0 Å². The molecule has 5 nitrogen and oxygen atoms in total. The number of hydrogen-bond donors (Lipinski definition) is 0. The number of ketones is 1. The minimum absolute atomic E-state index is 0.0514. The first-order valence-corrected chi connectivity index (χ1v) is 7.72. The summed E-state index contributed by atoms with van der Waals surface area (Å²) < 4.78 is 5.26. The second-order valence-corrected chi connectivity index (χ2v) is 5.65. The molecule has 2 rings (SSSR count). The fourth-order valence-electron chi connectivity index (χ4n) is 2.04. The predicted octanol–water partition coefficient (Wildman–Crippen LogP) is 3.58. The molecule has 0 spiro atoms. The van der Waals surface area contributed by atoms with Crippen LogP contribution in [0.15, 0.2) is 33.0 Å². The summed E-state index contributed by atoms with van der Waals surface area (Å²) in [4.78, 5) is 23.6. The largest absolute Gasteiger partial charge is 0.468 e. The number of anilines is 1. The van der Waals surface area contributed by atoms with Crippen LogP contribution >= 0.6 is 11.8 Å². The maximum atomic E-state index is 11.9. The molecule has 0 unspecified atom stereocenters. The van der Waals surface area contributed by atoms with Gasteiger partial charge in [0.15, 0.2) is 10.9 Å². The van der Waals surface area contributed by atoms with Crippen molar-refractivity contribution in [3.8, 4) is 0 Å². The molecule has 0 saturated carbocycles. The first-order chi connectivity index (χ1) is 10.0. The number of aromatic nitrogens is 2. The number of hydrogen-bond acceptors (Lipinski definition) is 6. The number of nitrogens with zero attached hydrogens (tertiary/aromatic N) is 3. The van der Waals surface area contributed by atoms with Crippen LogP contribution in [0.1, 0.15) is 37.0 Å². The summed E-state index contributed by atoms with van der Waals surface area (Å²) >= 11 is 1.39. The molecule has 0 aliphatic rings. The standard InChI is InChI=1S/C15H19N3O2S/c1-5-18(6-2)13-8-16-15(17-14(13)11(4)19)21-12-7-10(3)20-9-12/h7-9H,5-6H2,1-4H3. The van der Waals surface area contributed by atoms with Crippen LogP contribution in [0.3, 0.4) is 0 Å². The lowest BCUT2D eigenvalue weighted by atomic mass is 10.2. The Balaban J connectivity index is 2.33. The van der Waals surface area contributed by atoms with Gasteiger partial charge in [-0.25, -0.2) is 9.97 Å². The highest BCUT2D eigenvalue weighted by Gasteiger charge is 2.16. The predicted molar refractivity (Wildman–Crippen MR) is 83.2 cm³/mol. The number of aryl methyl sites for hydroxylation is 1. The molecule has 0 amide bonds. The smallest absolute Gasteiger partial charge is 0.193 e. The van der Waals surface area contributed by atoms with Crippen LogP contribution < -0.4 is 4.90 Å². The van der Waals surface area contributed by atoms with Crippen molar-refractivity contribution >= 4 is 23.2 Å². The van der Waals surface area contributed by atoms with E-state index in [2.05, 4.69) is 14.9 Å². The number of Topliss-reactive ketones (excluding diaryl/α,β-unsaturated/α-hetero) is 1. The number of carbonyl (C=O) groups is 1. The first-order valence-electron chi connectivity index (χ1n) is 6.91. The lowest BCUT2D eigenvalue weighted by Crippen LogP contribution is -2.25. The second-order valence-electron chi connectivity index (χ2n) is 4.61. The van der Waals surface area contributed by atoms with Gasteiger partial charge in [-0.3, -0.25) is 4.79 Å². The highest BCUT2D eigenvalue weighted by Crippen LogP contribution is 2.28. The Bertz CT molecular complexity index is 636. The van der Waals surface area contributed by atoms with E-state index >= 15 is 0 Å². The Morgan fingerprint density at radius 2 is 2.10 bits per heavy atom. The molecule has 6 heteroatoms. The third-order valence-corrected chi connectivity index (χ3v) is 3.93. The van der Waals surface area contributed by atoms with Gasteiger partial charge in [0.1, 0.15) is 17.7 Å². The topological polar surface area (TPSA) is 59.2 Å². The highest BCUT2D eigenvalue weighted by atomic mass is 32.2. The van der Waals surface area contributed by atoms with Gasteiger partial charge in [-0.05, 0) is 38.6 Å². The van der Waals surface area contributed by atoms with Crippen molar-refractivity contribution in [3.63, 3.8) is 0 Å². The fourth-order valence-corrected chi connectivity index (χ4v) is 2.82. The molecule has 0 atom stereocenters. The average molecular weight is 305 g/mol. The Morgan fingerprint density at radius 1 is 1.38 bits per heavy atom. The van der Waals surface area contributed by atoms with E-state index in [1.54, 1.807) is 12.5 Å². The summed E-state index contributed by atoms with van der Waals surface area (Å²) in [5.41, 5.74) is 1.26. The molecule has 0 bridgehead atoms. The Morgan fingerprint density at radius 3 is 2.62 bits per heavy atom. The quantitative estimate of drug-likeness (QED) is 0.600. The molecular formula is C15H19N3O2S. The van der Waals surface area contributed by atoms with E-state index < -0.39 is 0 Å². The zero-order chi connectivity index (χ0) is 15.4. The van der Waals surface area contributed by atoms with E-state index in [0.29, 0.717) is 10.9 Å².